The van der Waals surface area contributed by atoms with E-state index in [1.54, 1.807) is 4.52 Å². The van der Waals surface area contributed by atoms with E-state index in [0.717, 1.165) is 18.7 Å². The lowest BCUT2D eigenvalue weighted by atomic mass is 10.1. The molecule has 0 bridgehead atoms. The molecule has 13 heteroatoms. The Morgan fingerprint density at radius 3 is 2.45 bits per heavy atom. The molecule has 0 aliphatic heterocycles. The molecule has 0 saturated carbocycles. The van der Waals surface area contributed by atoms with E-state index in [1.165, 1.54) is 24.5 Å². The lowest BCUT2D eigenvalue weighted by molar-refractivity contribution is -0.137. The monoisotopic (exact) mass is 533 g/mol. The van der Waals surface area contributed by atoms with Gasteiger partial charge in [-0.25, -0.2) is 23.1 Å². The molecule has 4 rings (SSSR count). The predicted molar refractivity (Wildman–Crippen MR) is 134 cm³/mol. The molecule has 2 heterocycles. The summed E-state index contributed by atoms with van der Waals surface area (Å²) in [6, 6.07) is 6.30. The number of nitrogens with zero attached hydrogens (tertiary/aromatic N) is 4. The summed E-state index contributed by atoms with van der Waals surface area (Å²) in [6.45, 7) is 0.852. The van der Waals surface area contributed by atoms with Gasteiger partial charge in [-0.2, -0.15) is 18.3 Å². The second-order valence-corrected chi connectivity index (χ2v) is 8.83. The van der Waals surface area contributed by atoms with Crippen LogP contribution in [0.4, 0.5) is 43.9 Å². The predicted octanol–water partition coefficient (Wildman–Crippen LogP) is 5.41. The summed E-state index contributed by atoms with van der Waals surface area (Å²) < 4.78 is 69.3. The number of carbonyl (C=O) groups is 1. The standard InChI is InChI=1S/C25H24F5N7O/c1-36(2)9-3-4-16-12-17(22-23(31)32-13-33-37(16)22)14-5-8-20(19(27)10-14)34-24(38)35-21-11-15(25(28,29)30)6-7-18(21)26/h5-8,10-13H,3-4,9H2,1-2H3,(H2,31,32,33)(H2,34,35,38). The molecule has 0 spiro atoms. The van der Waals surface area contributed by atoms with Crippen molar-refractivity contribution in [2.75, 3.05) is 37.0 Å². The van der Waals surface area contributed by atoms with Crippen LogP contribution < -0.4 is 16.4 Å². The highest BCUT2D eigenvalue weighted by Gasteiger charge is 2.31. The largest absolute Gasteiger partial charge is 0.416 e. The molecular weight excluding hydrogens is 509 g/mol. The SMILES string of the molecule is CN(C)CCCc1cc(-c2ccc(NC(=O)Nc3cc(C(F)(F)F)ccc3F)c(F)c2)c2c(N)ncnn12. The quantitative estimate of drug-likeness (QED) is 0.276. The Balaban J connectivity index is 1.57. The third kappa shape index (κ3) is 5.83. The number of nitrogens with two attached hydrogens (primary N) is 1. The zero-order valence-corrected chi connectivity index (χ0v) is 20.4. The molecule has 0 atom stereocenters. The average molecular weight is 534 g/mol. The van der Waals surface area contributed by atoms with Gasteiger partial charge in [0.25, 0.3) is 0 Å². The smallest absolute Gasteiger partial charge is 0.382 e. The number of rotatable bonds is 7. The van der Waals surface area contributed by atoms with Crippen molar-refractivity contribution in [3.8, 4) is 11.1 Å². The highest BCUT2D eigenvalue weighted by atomic mass is 19.4. The van der Waals surface area contributed by atoms with E-state index < -0.39 is 35.1 Å². The van der Waals surface area contributed by atoms with Crippen LogP contribution >= 0.6 is 0 Å². The minimum Gasteiger partial charge on any atom is -0.382 e. The van der Waals surface area contributed by atoms with E-state index in [9.17, 15) is 26.7 Å². The van der Waals surface area contributed by atoms with E-state index in [4.69, 9.17) is 5.73 Å². The van der Waals surface area contributed by atoms with E-state index in [0.29, 0.717) is 41.3 Å². The van der Waals surface area contributed by atoms with Gasteiger partial charge < -0.3 is 21.3 Å². The van der Waals surface area contributed by atoms with Crippen molar-refractivity contribution in [2.24, 2.45) is 0 Å². The van der Waals surface area contributed by atoms with Gasteiger partial charge in [-0.05, 0) is 75.4 Å². The third-order valence-electron chi connectivity index (χ3n) is 5.76. The maximum atomic E-state index is 15.0. The number of carbonyl (C=O) groups excluding carboxylic acids is 1. The molecule has 2 amide bonds. The summed E-state index contributed by atoms with van der Waals surface area (Å²) in [5.74, 6) is -1.70. The molecule has 2 aromatic heterocycles. The van der Waals surface area contributed by atoms with E-state index >= 15 is 0 Å². The molecule has 200 valence electrons. The Morgan fingerprint density at radius 1 is 1.03 bits per heavy atom. The number of benzene rings is 2. The summed E-state index contributed by atoms with van der Waals surface area (Å²) in [5, 5.41) is 8.44. The molecule has 0 unspecified atom stereocenters. The molecular formula is C25H24F5N7O. The molecule has 8 nitrogen and oxygen atoms in total. The first kappa shape index (κ1) is 26.8. The number of hydrogen-bond acceptors (Lipinski definition) is 5. The van der Waals surface area contributed by atoms with Crippen molar-refractivity contribution in [1.29, 1.82) is 0 Å². The van der Waals surface area contributed by atoms with Gasteiger partial charge in [-0.15, -0.1) is 0 Å². The third-order valence-corrected chi connectivity index (χ3v) is 5.76. The molecule has 4 N–H and O–H groups in total. The first-order chi connectivity index (χ1) is 17.9. The second kappa shape index (κ2) is 10.6. The first-order valence-electron chi connectivity index (χ1n) is 11.4. The van der Waals surface area contributed by atoms with Crippen molar-refractivity contribution >= 4 is 28.7 Å². The second-order valence-electron chi connectivity index (χ2n) is 8.83. The van der Waals surface area contributed by atoms with Crippen LogP contribution in [0, 0.1) is 11.6 Å². The number of urea groups is 1. The zero-order chi connectivity index (χ0) is 27.6. The number of fused-ring (bicyclic) bond motifs is 1. The van der Waals surface area contributed by atoms with Crippen LogP contribution in [0.25, 0.3) is 16.6 Å². The lowest BCUT2D eigenvalue weighted by Crippen LogP contribution is -2.21. The summed E-state index contributed by atoms with van der Waals surface area (Å²) in [4.78, 5) is 18.4. The summed E-state index contributed by atoms with van der Waals surface area (Å²) in [5.41, 5.74) is 6.38. The number of halogens is 5. The van der Waals surface area contributed by atoms with Crippen molar-refractivity contribution in [1.82, 2.24) is 19.5 Å². The zero-order valence-electron chi connectivity index (χ0n) is 20.4. The normalized spacial score (nSPS) is 11.8. The van der Waals surface area contributed by atoms with Crippen molar-refractivity contribution < 1.29 is 26.7 Å². The number of amides is 2. The molecule has 2 aromatic carbocycles. The summed E-state index contributed by atoms with van der Waals surface area (Å²) in [6.07, 6.45) is -1.86. The van der Waals surface area contributed by atoms with Gasteiger partial charge in [0.1, 0.15) is 23.5 Å². The van der Waals surface area contributed by atoms with Crippen molar-refractivity contribution in [2.45, 2.75) is 19.0 Å². The van der Waals surface area contributed by atoms with Gasteiger partial charge >= 0.3 is 12.2 Å². The van der Waals surface area contributed by atoms with Crippen LogP contribution in [0.5, 0.6) is 0 Å². The van der Waals surface area contributed by atoms with Gasteiger partial charge in [0.2, 0.25) is 0 Å². The Kier molecular flexibility index (Phi) is 7.49. The molecule has 4 aromatic rings. The number of hydrogen-bond donors (Lipinski definition) is 3. The molecule has 0 aliphatic carbocycles. The summed E-state index contributed by atoms with van der Waals surface area (Å²) in [7, 11) is 3.94. The van der Waals surface area contributed by atoms with Crippen LogP contribution in [0.15, 0.2) is 48.8 Å². The fourth-order valence-corrected chi connectivity index (χ4v) is 3.96. The van der Waals surface area contributed by atoms with E-state index in [-0.39, 0.29) is 11.5 Å². The maximum Gasteiger partial charge on any atom is 0.416 e. The van der Waals surface area contributed by atoms with Gasteiger partial charge in [-0.3, -0.25) is 0 Å². The van der Waals surface area contributed by atoms with Gasteiger partial charge in [-0.1, -0.05) is 6.07 Å². The Morgan fingerprint density at radius 2 is 1.76 bits per heavy atom. The molecule has 0 radical (unpaired) electrons. The number of nitrogen functional groups attached to an aromatic ring is 1. The fraction of sp³-hybridized carbons (Fsp3) is 0.240. The van der Waals surface area contributed by atoms with Gasteiger partial charge in [0, 0.05) is 11.3 Å². The van der Waals surface area contributed by atoms with Crippen LogP contribution in [0.3, 0.4) is 0 Å². The fourth-order valence-electron chi connectivity index (χ4n) is 3.96. The molecule has 0 saturated heterocycles. The van der Waals surface area contributed by atoms with Gasteiger partial charge in [0.05, 0.1) is 16.9 Å². The maximum absolute atomic E-state index is 15.0. The Bertz CT molecular complexity index is 1480. The molecule has 0 aliphatic rings. The van der Waals surface area contributed by atoms with Crippen LogP contribution in [0.1, 0.15) is 17.7 Å². The number of anilines is 3. The number of nitrogens with one attached hydrogen (secondary N) is 2. The highest BCUT2D eigenvalue weighted by Crippen LogP contribution is 2.34. The van der Waals surface area contributed by atoms with E-state index in [2.05, 4.69) is 20.3 Å². The van der Waals surface area contributed by atoms with E-state index in [1.807, 2.05) is 25.5 Å². The number of aromatic nitrogens is 3. The minimum atomic E-state index is -4.73. The summed E-state index contributed by atoms with van der Waals surface area (Å²) >= 11 is 0. The lowest BCUT2D eigenvalue weighted by Gasteiger charge is -2.12. The van der Waals surface area contributed by atoms with Crippen molar-refractivity contribution in [3.05, 3.63) is 71.7 Å². The molecule has 0 fully saturated rings. The van der Waals surface area contributed by atoms with Crippen LogP contribution in [-0.4, -0.2) is 46.2 Å². The molecule has 38 heavy (non-hydrogen) atoms. The minimum absolute atomic E-state index is 0.207. The number of aryl methyl sites for hydroxylation is 1. The van der Waals surface area contributed by atoms with Crippen molar-refractivity contribution in [3.63, 3.8) is 0 Å². The van der Waals surface area contributed by atoms with Gasteiger partial charge in [0.15, 0.2) is 5.82 Å². The highest BCUT2D eigenvalue weighted by molar-refractivity contribution is 6.00. The Hall–Kier alpha value is -4.26. The van der Waals surface area contributed by atoms with Crippen LogP contribution in [-0.2, 0) is 12.6 Å². The first-order valence-corrected chi connectivity index (χ1v) is 11.4. The van der Waals surface area contributed by atoms with Crippen LogP contribution in [0.2, 0.25) is 0 Å². The number of alkyl halides is 3. The topological polar surface area (TPSA) is 101 Å². The average Bonchev–Trinajstić information content (AvgIpc) is 3.21. The Labute approximate surface area is 214 Å².